The Labute approximate surface area is 126 Å². The Bertz CT molecular complexity index is 605. The van der Waals surface area contributed by atoms with Gasteiger partial charge in [0.25, 0.3) is 0 Å². The van der Waals surface area contributed by atoms with E-state index in [0.717, 1.165) is 17.9 Å². The number of hydrogen-bond acceptors (Lipinski definition) is 4. The number of fused-ring (bicyclic) bond motifs is 1. The van der Waals surface area contributed by atoms with Crippen LogP contribution < -0.4 is 11.3 Å². The molecule has 4 nitrogen and oxygen atoms in total. The predicted molar refractivity (Wildman–Crippen MR) is 87.9 cm³/mol. The van der Waals surface area contributed by atoms with Gasteiger partial charge in [-0.3, -0.25) is 4.90 Å². The molecule has 2 aromatic rings. The van der Waals surface area contributed by atoms with Crippen LogP contribution in [-0.4, -0.2) is 23.0 Å². The molecule has 1 aliphatic carbocycles. The summed E-state index contributed by atoms with van der Waals surface area (Å²) < 4.78 is 0. The van der Waals surface area contributed by atoms with E-state index < -0.39 is 0 Å². The number of anilines is 1. The summed E-state index contributed by atoms with van der Waals surface area (Å²) in [5.74, 6) is 6.45. The summed E-state index contributed by atoms with van der Waals surface area (Å²) in [6, 6.07) is 11.1. The molecule has 112 valence electrons. The fraction of sp³-hybridized carbons (Fsp3) is 0.471. The number of benzene rings is 1. The van der Waals surface area contributed by atoms with Gasteiger partial charge in [-0.2, -0.15) is 0 Å². The number of hydrazine groups is 1. The second kappa shape index (κ2) is 6.41. The molecule has 0 bridgehead atoms. The van der Waals surface area contributed by atoms with Crippen LogP contribution in [0.5, 0.6) is 0 Å². The van der Waals surface area contributed by atoms with E-state index in [0.29, 0.717) is 6.04 Å². The molecule has 1 aliphatic rings. The molecule has 0 aliphatic heterocycles. The Morgan fingerprint density at radius 2 is 2.00 bits per heavy atom. The van der Waals surface area contributed by atoms with Crippen LogP contribution in [0.15, 0.2) is 30.3 Å². The minimum atomic E-state index is 0.691. The van der Waals surface area contributed by atoms with Gasteiger partial charge in [0.05, 0.1) is 5.52 Å². The van der Waals surface area contributed by atoms with E-state index in [1.165, 1.54) is 43.1 Å². The van der Waals surface area contributed by atoms with E-state index >= 15 is 0 Å². The largest absolute Gasteiger partial charge is 0.308 e. The Balaban J connectivity index is 1.84. The minimum absolute atomic E-state index is 0.691. The number of nitrogens with zero attached hydrogens (tertiary/aromatic N) is 2. The first-order chi connectivity index (χ1) is 10.3. The van der Waals surface area contributed by atoms with Crippen LogP contribution in [-0.2, 0) is 6.54 Å². The lowest BCUT2D eigenvalue weighted by Crippen LogP contribution is -2.33. The Kier molecular flexibility index (Phi) is 4.36. The summed E-state index contributed by atoms with van der Waals surface area (Å²) in [7, 11) is 2.21. The second-order valence-electron chi connectivity index (χ2n) is 6.04. The molecule has 21 heavy (non-hydrogen) atoms. The van der Waals surface area contributed by atoms with E-state index in [1.807, 2.05) is 18.2 Å². The average molecular weight is 284 g/mol. The van der Waals surface area contributed by atoms with Crippen molar-refractivity contribution in [2.24, 2.45) is 5.84 Å². The van der Waals surface area contributed by atoms with Gasteiger partial charge in [0.15, 0.2) is 0 Å². The first kappa shape index (κ1) is 14.3. The lowest BCUT2D eigenvalue weighted by Gasteiger charge is -2.31. The first-order valence-electron chi connectivity index (χ1n) is 7.83. The molecule has 0 unspecified atom stereocenters. The van der Waals surface area contributed by atoms with E-state index in [4.69, 9.17) is 5.84 Å². The topological polar surface area (TPSA) is 54.2 Å². The number of pyridine rings is 1. The van der Waals surface area contributed by atoms with Crippen molar-refractivity contribution >= 4 is 16.7 Å². The third-order valence-electron chi connectivity index (χ3n) is 4.56. The fourth-order valence-electron chi connectivity index (χ4n) is 3.32. The Morgan fingerprint density at radius 3 is 2.76 bits per heavy atom. The monoisotopic (exact) mass is 284 g/mol. The molecule has 1 saturated carbocycles. The highest BCUT2D eigenvalue weighted by atomic mass is 15.3. The van der Waals surface area contributed by atoms with Crippen LogP contribution in [0.1, 0.15) is 37.7 Å². The normalized spacial score (nSPS) is 16.5. The van der Waals surface area contributed by atoms with E-state index in [2.05, 4.69) is 34.5 Å². The second-order valence-corrected chi connectivity index (χ2v) is 6.04. The molecule has 0 atom stereocenters. The number of rotatable bonds is 4. The van der Waals surface area contributed by atoms with Gasteiger partial charge in [0, 0.05) is 23.5 Å². The third-order valence-corrected chi connectivity index (χ3v) is 4.56. The van der Waals surface area contributed by atoms with Gasteiger partial charge in [-0.25, -0.2) is 10.8 Å². The quantitative estimate of drug-likeness (QED) is 0.668. The van der Waals surface area contributed by atoms with E-state index in [9.17, 15) is 0 Å². The summed E-state index contributed by atoms with van der Waals surface area (Å²) in [4.78, 5) is 7.08. The molecule has 0 amide bonds. The van der Waals surface area contributed by atoms with Crippen molar-refractivity contribution in [1.29, 1.82) is 0 Å². The Morgan fingerprint density at radius 1 is 1.24 bits per heavy atom. The number of nitrogen functional groups attached to an aromatic ring is 1. The number of para-hydroxylation sites is 1. The molecular weight excluding hydrogens is 260 g/mol. The molecule has 3 rings (SSSR count). The van der Waals surface area contributed by atoms with Gasteiger partial charge in [-0.1, -0.05) is 37.5 Å². The highest BCUT2D eigenvalue weighted by Crippen LogP contribution is 2.25. The SMILES string of the molecule is CN(Cc1cc2ccccc2nc1NN)C1CCCCC1. The standard InChI is InChI=1S/C17H24N4/c1-21(15-8-3-2-4-9-15)12-14-11-13-7-5-6-10-16(13)19-17(14)20-18/h5-7,10-11,15H,2-4,8-9,12,18H2,1H3,(H,19,20). The zero-order chi connectivity index (χ0) is 14.7. The predicted octanol–water partition coefficient (Wildman–Crippen LogP) is 3.28. The zero-order valence-corrected chi connectivity index (χ0v) is 12.7. The third kappa shape index (κ3) is 3.17. The number of nitrogens with one attached hydrogen (secondary N) is 1. The molecule has 1 heterocycles. The molecule has 0 radical (unpaired) electrons. The summed E-state index contributed by atoms with van der Waals surface area (Å²) >= 11 is 0. The molecule has 4 heteroatoms. The maximum absolute atomic E-state index is 5.66. The average Bonchev–Trinajstić information content (AvgIpc) is 2.55. The Hall–Kier alpha value is -1.65. The molecule has 0 spiro atoms. The van der Waals surface area contributed by atoms with Crippen LogP contribution in [0.3, 0.4) is 0 Å². The van der Waals surface area contributed by atoms with Crippen molar-refractivity contribution in [3.05, 3.63) is 35.9 Å². The lowest BCUT2D eigenvalue weighted by atomic mass is 9.94. The van der Waals surface area contributed by atoms with E-state index in [-0.39, 0.29) is 0 Å². The number of hydrogen-bond donors (Lipinski definition) is 2. The molecule has 0 saturated heterocycles. The molecule has 1 fully saturated rings. The number of aromatic nitrogens is 1. The summed E-state index contributed by atoms with van der Waals surface area (Å²) in [6.45, 7) is 0.891. The lowest BCUT2D eigenvalue weighted by molar-refractivity contribution is 0.185. The minimum Gasteiger partial charge on any atom is -0.308 e. The van der Waals surface area contributed by atoms with Crippen LogP contribution in [0.2, 0.25) is 0 Å². The van der Waals surface area contributed by atoms with Gasteiger partial charge >= 0.3 is 0 Å². The van der Waals surface area contributed by atoms with Crippen LogP contribution in [0.25, 0.3) is 10.9 Å². The van der Waals surface area contributed by atoms with Crippen molar-refractivity contribution in [3.8, 4) is 0 Å². The summed E-state index contributed by atoms with van der Waals surface area (Å²) in [5.41, 5.74) is 4.91. The maximum Gasteiger partial charge on any atom is 0.145 e. The van der Waals surface area contributed by atoms with Gasteiger partial charge < -0.3 is 5.43 Å². The van der Waals surface area contributed by atoms with Gasteiger partial charge in [-0.05, 0) is 32.0 Å². The van der Waals surface area contributed by atoms with Gasteiger partial charge in [0.1, 0.15) is 5.82 Å². The van der Waals surface area contributed by atoms with Crippen molar-refractivity contribution in [3.63, 3.8) is 0 Å². The summed E-state index contributed by atoms with van der Waals surface area (Å²) in [5, 5.41) is 1.17. The molecular formula is C17H24N4. The van der Waals surface area contributed by atoms with Crippen molar-refractivity contribution < 1.29 is 0 Å². The van der Waals surface area contributed by atoms with Crippen molar-refractivity contribution in [2.45, 2.75) is 44.7 Å². The molecule has 1 aromatic heterocycles. The van der Waals surface area contributed by atoms with Crippen LogP contribution >= 0.6 is 0 Å². The molecule has 1 aromatic carbocycles. The fourth-order valence-corrected chi connectivity index (χ4v) is 3.32. The molecule has 3 N–H and O–H groups in total. The van der Waals surface area contributed by atoms with Gasteiger partial charge in [0.2, 0.25) is 0 Å². The van der Waals surface area contributed by atoms with E-state index in [1.54, 1.807) is 0 Å². The number of nitrogens with two attached hydrogens (primary N) is 1. The van der Waals surface area contributed by atoms with Gasteiger partial charge in [-0.15, -0.1) is 0 Å². The zero-order valence-electron chi connectivity index (χ0n) is 12.7. The van der Waals surface area contributed by atoms with Crippen molar-refractivity contribution in [2.75, 3.05) is 12.5 Å². The summed E-state index contributed by atoms with van der Waals surface area (Å²) in [6.07, 6.45) is 6.71. The maximum atomic E-state index is 5.66. The highest BCUT2D eigenvalue weighted by Gasteiger charge is 2.19. The highest BCUT2D eigenvalue weighted by molar-refractivity contribution is 5.81. The smallest absolute Gasteiger partial charge is 0.145 e. The van der Waals surface area contributed by atoms with Crippen molar-refractivity contribution in [1.82, 2.24) is 9.88 Å². The van der Waals surface area contributed by atoms with Crippen LogP contribution in [0.4, 0.5) is 5.82 Å². The first-order valence-corrected chi connectivity index (χ1v) is 7.83. The van der Waals surface area contributed by atoms with Crippen LogP contribution in [0, 0.1) is 0 Å².